The molecule has 2 aromatic rings. The first-order valence-corrected chi connectivity index (χ1v) is 6.32. The molecule has 1 aromatic carbocycles. The van der Waals surface area contributed by atoms with Gasteiger partial charge in [-0.1, -0.05) is 12.1 Å². The molecule has 0 radical (unpaired) electrons. The van der Waals surface area contributed by atoms with Gasteiger partial charge < -0.3 is 15.2 Å². The zero-order valence-electron chi connectivity index (χ0n) is 11.5. The van der Waals surface area contributed by atoms with Crippen molar-refractivity contribution >= 4 is 11.6 Å². The number of amides is 1. The predicted molar refractivity (Wildman–Crippen MR) is 78.8 cm³/mol. The second kappa shape index (κ2) is 6.16. The maximum absolute atomic E-state index is 12.0. The summed E-state index contributed by atoms with van der Waals surface area (Å²) in [5.74, 6) is -0.288. The Labute approximate surface area is 117 Å². The van der Waals surface area contributed by atoms with E-state index in [1.165, 1.54) is 10.6 Å². The number of aryl methyl sites for hydroxylation is 1. The fourth-order valence-electron chi connectivity index (χ4n) is 1.80. The van der Waals surface area contributed by atoms with Gasteiger partial charge in [0.1, 0.15) is 0 Å². The Morgan fingerprint density at radius 3 is 2.50 bits per heavy atom. The van der Waals surface area contributed by atoms with Crippen LogP contribution in [0, 0.1) is 0 Å². The van der Waals surface area contributed by atoms with E-state index in [0.717, 1.165) is 12.1 Å². The van der Waals surface area contributed by atoms with Crippen LogP contribution in [0.15, 0.2) is 47.4 Å². The third kappa shape index (κ3) is 3.33. The van der Waals surface area contributed by atoms with Crippen LogP contribution in [0.3, 0.4) is 0 Å². The van der Waals surface area contributed by atoms with Crippen LogP contribution in [0.25, 0.3) is 0 Å². The molecule has 0 aliphatic rings. The first kappa shape index (κ1) is 14.0. The molecule has 0 fully saturated rings. The van der Waals surface area contributed by atoms with Gasteiger partial charge in [-0.05, 0) is 30.8 Å². The molecular weight excluding hydrogens is 254 g/mol. The number of anilines is 1. The molecule has 20 heavy (non-hydrogen) atoms. The molecule has 5 nitrogen and oxygen atoms in total. The highest BCUT2D eigenvalue weighted by atomic mass is 16.2. The average Bonchev–Trinajstić information content (AvgIpc) is 2.44. The van der Waals surface area contributed by atoms with Crippen molar-refractivity contribution < 1.29 is 4.79 Å². The van der Waals surface area contributed by atoms with Gasteiger partial charge in [-0.3, -0.25) is 9.59 Å². The number of rotatable bonds is 4. The Balaban J connectivity index is 2.10. The van der Waals surface area contributed by atoms with Gasteiger partial charge in [0.05, 0.1) is 0 Å². The minimum Gasteiger partial charge on any atom is -0.322 e. The summed E-state index contributed by atoms with van der Waals surface area (Å²) in [4.78, 5) is 23.5. The van der Waals surface area contributed by atoms with Crippen LogP contribution >= 0.6 is 0 Å². The molecule has 1 amide bonds. The number of pyridine rings is 1. The zero-order chi connectivity index (χ0) is 14.5. The summed E-state index contributed by atoms with van der Waals surface area (Å²) in [5, 5.41) is 5.82. The van der Waals surface area contributed by atoms with Gasteiger partial charge in [0.2, 0.25) is 0 Å². The number of nitrogens with zero attached hydrogens (tertiary/aromatic N) is 1. The van der Waals surface area contributed by atoms with Crippen LogP contribution in [0.4, 0.5) is 5.69 Å². The molecule has 0 spiro atoms. The first-order chi connectivity index (χ1) is 9.60. The van der Waals surface area contributed by atoms with Crippen molar-refractivity contribution in [1.82, 2.24) is 9.88 Å². The third-order valence-corrected chi connectivity index (χ3v) is 2.96. The molecule has 2 rings (SSSR count). The number of nitrogens with one attached hydrogen (secondary N) is 2. The molecule has 1 heterocycles. The minimum atomic E-state index is -0.288. The highest BCUT2D eigenvalue weighted by Crippen LogP contribution is 2.10. The maximum atomic E-state index is 12.0. The summed E-state index contributed by atoms with van der Waals surface area (Å²) < 4.78 is 1.42. The molecule has 1 aromatic heterocycles. The molecule has 0 atom stereocenters. The van der Waals surface area contributed by atoms with E-state index in [-0.39, 0.29) is 11.5 Å². The molecule has 104 valence electrons. The summed E-state index contributed by atoms with van der Waals surface area (Å²) in [7, 11) is 3.52. The molecular formula is C15H17N3O2. The zero-order valence-corrected chi connectivity index (χ0v) is 11.5. The van der Waals surface area contributed by atoms with Crippen LogP contribution < -0.4 is 16.2 Å². The van der Waals surface area contributed by atoms with Crippen LogP contribution in [-0.4, -0.2) is 17.5 Å². The van der Waals surface area contributed by atoms with Gasteiger partial charge in [0.15, 0.2) is 0 Å². The maximum Gasteiger partial charge on any atom is 0.255 e. The Kier molecular flexibility index (Phi) is 4.32. The van der Waals surface area contributed by atoms with Crippen molar-refractivity contribution in [2.24, 2.45) is 7.05 Å². The summed E-state index contributed by atoms with van der Waals surface area (Å²) in [5.41, 5.74) is 1.99. The lowest BCUT2D eigenvalue weighted by atomic mass is 10.2. The van der Waals surface area contributed by atoms with Gasteiger partial charge in [-0.15, -0.1) is 0 Å². The lowest BCUT2D eigenvalue weighted by molar-refractivity contribution is 0.102. The fourth-order valence-corrected chi connectivity index (χ4v) is 1.80. The lowest BCUT2D eigenvalue weighted by Crippen LogP contribution is -2.20. The van der Waals surface area contributed by atoms with E-state index >= 15 is 0 Å². The SMILES string of the molecule is CNCc1ccc(NC(=O)c2ccn(C)c(=O)c2)cc1. The molecule has 0 unspecified atom stereocenters. The first-order valence-electron chi connectivity index (χ1n) is 6.32. The van der Waals surface area contributed by atoms with E-state index in [2.05, 4.69) is 10.6 Å². The number of hydrogen-bond acceptors (Lipinski definition) is 3. The highest BCUT2D eigenvalue weighted by molar-refractivity contribution is 6.04. The summed E-state index contributed by atoms with van der Waals surface area (Å²) in [6, 6.07) is 10.5. The van der Waals surface area contributed by atoms with Gasteiger partial charge in [0.25, 0.3) is 11.5 Å². The average molecular weight is 271 g/mol. The van der Waals surface area contributed by atoms with E-state index in [1.54, 1.807) is 19.3 Å². The van der Waals surface area contributed by atoms with Crippen molar-refractivity contribution in [3.05, 3.63) is 64.1 Å². The third-order valence-electron chi connectivity index (χ3n) is 2.96. The van der Waals surface area contributed by atoms with Crippen LogP contribution in [0.2, 0.25) is 0 Å². The second-order valence-corrected chi connectivity index (χ2v) is 4.55. The largest absolute Gasteiger partial charge is 0.322 e. The Morgan fingerprint density at radius 1 is 1.20 bits per heavy atom. The Morgan fingerprint density at radius 2 is 1.90 bits per heavy atom. The monoisotopic (exact) mass is 271 g/mol. The summed E-state index contributed by atoms with van der Waals surface area (Å²) >= 11 is 0. The standard InChI is InChI=1S/C15H17N3O2/c1-16-10-11-3-5-13(6-4-11)17-15(20)12-7-8-18(2)14(19)9-12/h3-9,16H,10H2,1-2H3,(H,17,20). The lowest BCUT2D eigenvalue weighted by Gasteiger charge is -2.07. The molecule has 5 heteroatoms. The quantitative estimate of drug-likeness (QED) is 0.882. The normalized spacial score (nSPS) is 10.3. The predicted octanol–water partition coefficient (Wildman–Crippen LogP) is 1.36. The van der Waals surface area contributed by atoms with Crippen molar-refractivity contribution in [3.8, 4) is 0 Å². The van der Waals surface area contributed by atoms with E-state index in [0.29, 0.717) is 11.3 Å². The summed E-state index contributed by atoms with van der Waals surface area (Å²) in [6.45, 7) is 0.781. The molecule has 0 saturated heterocycles. The van der Waals surface area contributed by atoms with E-state index in [4.69, 9.17) is 0 Å². The van der Waals surface area contributed by atoms with E-state index < -0.39 is 0 Å². The number of carbonyl (C=O) groups excluding carboxylic acids is 1. The van der Waals surface area contributed by atoms with Crippen molar-refractivity contribution in [2.75, 3.05) is 12.4 Å². The molecule has 0 aliphatic carbocycles. The van der Waals surface area contributed by atoms with Crippen LogP contribution in [0.5, 0.6) is 0 Å². The van der Waals surface area contributed by atoms with Crippen molar-refractivity contribution in [3.63, 3.8) is 0 Å². The van der Waals surface area contributed by atoms with Crippen LogP contribution in [-0.2, 0) is 13.6 Å². The Hall–Kier alpha value is -2.40. The highest BCUT2D eigenvalue weighted by Gasteiger charge is 2.07. The smallest absolute Gasteiger partial charge is 0.255 e. The van der Waals surface area contributed by atoms with Crippen molar-refractivity contribution in [1.29, 1.82) is 0 Å². The second-order valence-electron chi connectivity index (χ2n) is 4.55. The van der Waals surface area contributed by atoms with Crippen LogP contribution in [0.1, 0.15) is 15.9 Å². The van der Waals surface area contributed by atoms with Gasteiger partial charge >= 0.3 is 0 Å². The molecule has 0 aliphatic heterocycles. The molecule has 0 saturated carbocycles. The van der Waals surface area contributed by atoms with Gasteiger partial charge in [-0.2, -0.15) is 0 Å². The number of carbonyl (C=O) groups is 1. The van der Waals surface area contributed by atoms with Gasteiger partial charge in [-0.25, -0.2) is 0 Å². The van der Waals surface area contributed by atoms with E-state index in [9.17, 15) is 9.59 Å². The minimum absolute atomic E-state index is 0.206. The molecule has 0 bridgehead atoms. The number of benzene rings is 1. The van der Waals surface area contributed by atoms with E-state index in [1.807, 2.05) is 31.3 Å². The number of aromatic nitrogens is 1. The topological polar surface area (TPSA) is 63.1 Å². The molecule has 2 N–H and O–H groups in total. The fraction of sp³-hybridized carbons (Fsp3) is 0.200. The summed E-state index contributed by atoms with van der Waals surface area (Å²) in [6.07, 6.45) is 1.58. The Bertz CT molecular complexity index is 660. The van der Waals surface area contributed by atoms with Gasteiger partial charge in [0, 0.05) is 37.1 Å². The number of hydrogen-bond donors (Lipinski definition) is 2. The van der Waals surface area contributed by atoms with Crippen molar-refractivity contribution in [2.45, 2.75) is 6.54 Å².